The highest BCUT2D eigenvalue weighted by atomic mass is 35.5. The van der Waals surface area contributed by atoms with Gasteiger partial charge in [-0.25, -0.2) is 0 Å². The standard InChI is InChI=1S/C12H25N3O3S.ClH/c1-10-7-18-11(2)6-15(10)19(16,17)14-5-4-12(3,8-13)9-14;/h10-11H,4-9,13H2,1-3H3;1H. The third-order valence-corrected chi connectivity index (χ3v) is 6.25. The van der Waals surface area contributed by atoms with Crippen molar-refractivity contribution in [2.24, 2.45) is 11.1 Å². The molecule has 2 fully saturated rings. The van der Waals surface area contributed by atoms with Crippen molar-refractivity contribution in [3.8, 4) is 0 Å². The first-order valence-electron chi connectivity index (χ1n) is 6.87. The summed E-state index contributed by atoms with van der Waals surface area (Å²) in [4.78, 5) is 0. The Bertz CT molecular complexity index is 434. The van der Waals surface area contributed by atoms with Crippen LogP contribution in [0.15, 0.2) is 0 Å². The van der Waals surface area contributed by atoms with Gasteiger partial charge in [0, 0.05) is 25.7 Å². The number of halogens is 1. The third-order valence-electron chi connectivity index (χ3n) is 4.19. The van der Waals surface area contributed by atoms with Crippen molar-refractivity contribution in [2.45, 2.75) is 39.3 Å². The minimum absolute atomic E-state index is 0. The highest BCUT2D eigenvalue weighted by Gasteiger charge is 2.43. The van der Waals surface area contributed by atoms with Crippen molar-refractivity contribution >= 4 is 22.6 Å². The summed E-state index contributed by atoms with van der Waals surface area (Å²) in [6.45, 7) is 8.34. The summed E-state index contributed by atoms with van der Waals surface area (Å²) in [6.07, 6.45) is 0.784. The first kappa shape index (κ1) is 18.1. The molecule has 6 nitrogen and oxygen atoms in total. The first-order chi connectivity index (χ1) is 8.78. The first-order valence-corrected chi connectivity index (χ1v) is 8.27. The highest BCUT2D eigenvalue weighted by molar-refractivity contribution is 7.86. The van der Waals surface area contributed by atoms with Crippen LogP contribution in [-0.2, 0) is 14.9 Å². The van der Waals surface area contributed by atoms with Crippen molar-refractivity contribution in [3.63, 3.8) is 0 Å². The average molecular weight is 328 g/mol. The molecule has 0 amide bonds. The van der Waals surface area contributed by atoms with Gasteiger partial charge in [-0.05, 0) is 32.2 Å². The van der Waals surface area contributed by atoms with Gasteiger partial charge < -0.3 is 10.5 Å². The quantitative estimate of drug-likeness (QED) is 0.815. The lowest BCUT2D eigenvalue weighted by Crippen LogP contribution is -2.54. The van der Waals surface area contributed by atoms with Crippen LogP contribution >= 0.6 is 12.4 Å². The number of rotatable bonds is 3. The molecule has 0 aromatic carbocycles. The fraction of sp³-hybridized carbons (Fsp3) is 1.00. The minimum Gasteiger partial charge on any atom is -0.375 e. The van der Waals surface area contributed by atoms with E-state index in [2.05, 4.69) is 0 Å². The van der Waals surface area contributed by atoms with Gasteiger partial charge in [0.1, 0.15) is 0 Å². The Labute approximate surface area is 128 Å². The Morgan fingerprint density at radius 1 is 1.40 bits per heavy atom. The topological polar surface area (TPSA) is 75.9 Å². The molecule has 0 spiro atoms. The molecular weight excluding hydrogens is 302 g/mol. The zero-order valence-corrected chi connectivity index (χ0v) is 14.0. The largest absolute Gasteiger partial charge is 0.375 e. The average Bonchev–Trinajstić information content (AvgIpc) is 2.76. The van der Waals surface area contributed by atoms with E-state index in [4.69, 9.17) is 10.5 Å². The van der Waals surface area contributed by atoms with Gasteiger partial charge in [0.05, 0.1) is 12.7 Å². The lowest BCUT2D eigenvalue weighted by molar-refractivity contribution is -0.0189. The van der Waals surface area contributed by atoms with Crippen LogP contribution in [0.25, 0.3) is 0 Å². The second kappa shape index (κ2) is 6.46. The van der Waals surface area contributed by atoms with Crippen LogP contribution in [-0.4, -0.2) is 62.0 Å². The van der Waals surface area contributed by atoms with Gasteiger partial charge in [-0.1, -0.05) is 6.92 Å². The van der Waals surface area contributed by atoms with E-state index >= 15 is 0 Å². The van der Waals surface area contributed by atoms with E-state index in [1.165, 1.54) is 0 Å². The van der Waals surface area contributed by atoms with Crippen LogP contribution in [0, 0.1) is 5.41 Å². The molecule has 0 aromatic heterocycles. The van der Waals surface area contributed by atoms with Gasteiger partial charge in [0.15, 0.2) is 0 Å². The van der Waals surface area contributed by atoms with Crippen LogP contribution in [0.3, 0.4) is 0 Å². The van der Waals surface area contributed by atoms with Crippen LogP contribution in [0.4, 0.5) is 0 Å². The zero-order valence-electron chi connectivity index (χ0n) is 12.4. The molecule has 0 bridgehead atoms. The van der Waals surface area contributed by atoms with Crippen molar-refractivity contribution < 1.29 is 13.2 Å². The monoisotopic (exact) mass is 327 g/mol. The lowest BCUT2D eigenvalue weighted by atomic mass is 9.90. The Balaban J connectivity index is 0.00000200. The molecule has 0 aliphatic carbocycles. The predicted octanol–water partition coefficient (Wildman–Crippen LogP) is 0.433. The second-order valence-electron chi connectivity index (χ2n) is 6.17. The molecule has 0 radical (unpaired) electrons. The molecular formula is C12H26ClN3O3S. The van der Waals surface area contributed by atoms with Crippen molar-refractivity contribution in [1.82, 2.24) is 8.61 Å². The molecule has 2 aliphatic rings. The van der Waals surface area contributed by atoms with Gasteiger partial charge in [0.2, 0.25) is 0 Å². The predicted molar refractivity (Wildman–Crippen MR) is 81.1 cm³/mol. The van der Waals surface area contributed by atoms with Crippen molar-refractivity contribution in [2.75, 3.05) is 32.8 Å². The molecule has 2 aliphatic heterocycles. The number of hydrogen-bond donors (Lipinski definition) is 1. The molecule has 8 heteroatoms. The Morgan fingerprint density at radius 3 is 2.60 bits per heavy atom. The van der Waals surface area contributed by atoms with E-state index in [1.54, 1.807) is 8.61 Å². The van der Waals surface area contributed by atoms with E-state index < -0.39 is 10.2 Å². The molecule has 2 N–H and O–H groups in total. The molecule has 2 rings (SSSR count). The van der Waals surface area contributed by atoms with Gasteiger partial charge in [-0.3, -0.25) is 0 Å². The van der Waals surface area contributed by atoms with Crippen LogP contribution in [0.5, 0.6) is 0 Å². The number of nitrogens with zero attached hydrogens (tertiary/aromatic N) is 2. The maximum absolute atomic E-state index is 12.7. The summed E-state index contributed by atoms with van der Waals surface area (Å²) in [5.74, 6) is 0. The Morgan fingerprint density at radius 2 is 2.05 bits per heavy atom. The fourth-order valence-corrected chi connectivity index (χ4v) is 4.69. The van der Waals surface area contributed by atoms with Gasteiger partial charge in [-0.2, -0.15) is 17.0 Å². The highest BCUT2D eigenvalue weighted by Crippen LogP contribution is 2.32. The van der Waals surface area contributed by atoms with E-state index in [9.17, 15) is 8.42 Å². The molecule has 0 aromatic rings. The molecule has 120 valence electrons. The molecule has 2 saturated heterocycles. The van der Waals surface area contributed by atoms with Crippen molar-refractivity contribution in [1.29, 1.82) is 0 Å². The van der Waals surface area contributed by atoms with E-state index in [1.807, 2.05) is 20.8 Å². The van der Waals surface area contributed by atoms with E-state index in [-0.39, 0.29) is 30.0 Å². The summed E-state index contributed by atoms with van der Waals surface area (Å²) in [5.41, 5.74) is 5.66. The molecule has 3 unspecified atom stereocenters. The smallest absolute Gasteiger partial charge is 0.282 e. The van der Waals surface area contributed by atoms with E-state index in [0.717, 1.165) is 6.42 Å². The third kappa shape index (κ3) is 3.45. The molecule has 20 heavy (non-hydrogen) atoms. The van der Waals surface area contributed by atoms with Crippen LogP contribution in [0.2, 0.25) is 0 Å². The summed E-state index contributed by atoms with van der Waals surface area (Å²) in [7, 11) is -3.39. The summed E-state index contributed by atoms with van der Waals surface area (Å²) in [6, 6.07) is -0.106. The van der Waals surface area contributed by atoms with Gasteiger partial charge in [-0.15, -0.1) is 12.4 Å². The Hall–Kier alpha value is 0.0800. The van der Waals surface area contributed by atoms with Crippen molar-refractivity contribution in [3.05, 3.63) is 0 Å². The lowest BCUT2D eigenvalue weighted by Gasteiger charge is -2.38. The van der Waals surface area contributed by atoms with E-state index in [0.29, 0.717) is 32.8 Å². The molecule has 3 atom stereocenters. The van der Waals surface area contributed by atoms with Gasteiger partial charge >= 0.3 is 0 Å². The fourth-order valence-electron chi connectivity index (χ4n) is 2.68. The number of ether oxygens (including phenoxy) is 1. The number of hydrogen-bond acceptors (Lipinski definition) is 4. The summed E-state index contributed by atoms with van der Waals surface area (Å²) in [5, 5.41) is 0. The van der Waals surface area contributed by atoms with Crippen LogP contribution < -0.4 is 5.73 Å². The maximum Gasteiger partial charge on any atom is 0.282 e. The zero-order chi connectivity index (χ0) is 14.3. The minimum atomic E-state index is -3.39. The van der Waals surface area contributed by atoms with Gasteiger partial charge in [0.25, 0.3) is 10.2 Å². The SMILES string of the molecule is CC1CN(S(=O)(=O)N2CCC(C)(CN)C2)C(C)CO1.Cl. The summed E-state index contributed by atoms with van der Waals surface area (Å²) < 4.78 is 34.1. The molecule has 2 heterocycles. The normalized spacial score (nSPS) is 36.8. The summed E-state index contributed by atoms with van der Waals surface area (Å²) >= 11 is 0. The number of nitrogens with two attached hydrogens (primary N) is 1. The Kier molecular flexibility index (Phi) is 5.85. The number of morpholine rings is 1. The molecule has 0 saturated carbocycles. The van der Waals surface area contributed by atoms with Crippen LogP contribution in [0.1, 0.15) is 27.2 Å². The second-order valence-corrected chi connectivity index (χ2v) is 8.05. The maximum atomic E-state index is 12.7.